The molecule has 11 heteroatoms. The fourth-order valence-corrected chi connectivity index (χ4v) is 5.42. The predicted molar refractivity (Wildman–Crippen MR) is 152 cm³/mol. The summed E-state index contributed by atoms with van der Waals surface area (Å²) in [4.78, 5) is 40.0. The van der Waals surface area contributed by atoms with Crippen LogP contribution in [0.25, 0.3) is 0 Å². The highest BCUT2D eigenvalue weighted by Crippen LogP contribution is 2.37. The third-order valence-corrected chi connectivity index (χ3v) is 7.52. The minimum atomic E-state index is -0.272. The molecule has 0 bridgehead atoms. The molecule has 0 aliphatic carbocycles. The third kappa shape index (κ3) is 6.09. The Balaban J connectivity index is 0.000000327. The first kappa shape index (κ1) is 28.6. The Morgan fingerprint density at radius 1 is 1.28 bits per heavy atom. The van der Waals surface area contributed by atoms with E-state index in [2.05, 4.69) is 20.5 Å². The van der Waals surface area contributed by atoms with Gasteiger partial charge in [-0.1, -0.05) is 6.92 Å². The number of methoxy groups -OCH3 is 1. The van der Waals surface area contributed by atoms with E-state index in [1.165, 1.54) is 33.0 Å². The lowest BCUT2D eigenvalue weighted by atomic mass is 10.1. The molecule has 3 aliphatic heterocycles. The first-order chi connectivity index (χ1) is 18.8. The lowest BCUT2D eigenvalue weighted by Gasteiger charge is -2.42. The molecule has 39 heavy (non-hydrogen) atoms. The van der Waals surface area contributed by atoms with Crippen LogP contribution in [0.5, 0.6) is 5.75 Å². The van der Waals surface area contributed by atoms with Crippen LogP contribution < -0.4 is 25.2 Å². The Bertz CT molecular complexity index is 1160. The number of morpholine rings is 1. The topological polar surface area (TPSA) is 112 Å². The van der Waals surface area contributed by atoms with E-state index in [1.54, 1.807) is 43.4 Å². The van der Waals surface area contributed by atoms with Gasteiger partial charge in [-0.25, -0.2) is 4.98 Å². The summed E-state index contributed by atoms with van der Waals surface area (Å²) >= 11 is 0. The molecule has 2 N–H and O–H groups in total. The summed E-state index contributed by atoms with van der Waals surface area (Å²) in [7, 11) is 4.86. The number of aromatic nitrogens is 2. The van der Waals surface area contributed by atoms with E-state index in [0.717, 1.165) is 19.3 Å². The number of carbonyl (C=O) groups is 2. The number of fused-ring (bicyclic) bond motifs is 2. The molecule has 3 aliphatic rings. The van der Waals surface area contributed by atoms with Crippen LogP contribution in [0.1, 0.15) is 50.4 Å². The van der Waals surface area contributed by atoms with Crippen LogP contribution in [0, 0.1) is 0 Å². The van der Waals surface area contributed by atoms with Gasteiger partial charge in [-0.05, 0) is 57.9 Å². The van der Waals surface area contributed by atoms with Gasteiger partial charge >= 0.3 is 0 Å². The van der Waals surface area contributed by atoms with Crippen molar-refractivity contribution >= 4 is 35.0 Å². The van der Waals surface area contributed by atoms with Gasteiger partial charge in [0.15, 0.2) is 5.82 Å². The molecule has 1 aromatic carbocycles. The van der Waals surface area contributed by atoms with Crippen LogP contribution in [0.15, 0.2) is 24.4 Å². The minimum Gasteiger partial charge on any atom is -0.495 e. The standard InChI is InChI=1S/C21H28N6O3.C7H13NO/c1-7-15-20(29)26(5)16-11-23-21(25-18(16)27(15)12(2)3)24-14-9-8-13(19(28)22-4)10-17(14)30-6;1-2-7-6-9-5-4-8(7)3-1/h8-12,15H,7H2,1-6H3,(H,22,28)(H,23,24,25);7H,1-6H2. The van der Waals surface area contributed by atoms with Gasteiger partial charge < -0.3 is 29.9 Å². The number of hydrogen-bond donors (Lipinski definition) is 2. The average Bonchev–Trinajstić information content (AvgIpc) is 3.43. The summed E-state index contributed by atoms with van der Waals surface area (Å²) in [6.45, 7) is 10.5. The van der Waals surface area contributed by atoms with Crippen molar-refractivity contribution in [1.82, 2.24) is 20.2 Å². The summed E-state index contributed by atoms with van der Waals surface area (Å²) in [6, 6.07) is 5.69. The van der Waals surface area contributed by atoms with Gasteiger partial charge in [-0.3, -0.25) is 14.5 Å². The van der Waals surface area contributed by atoms with Gasteiger partial charge in [0, 0.05) is 38.3 Å². The van der Waals surface area contributed by atoms with Crippen LogP contribution in [-0.4, -0.2) is 92.3 Å². The molecule has 2 aromatic rings. The molecule has 0 spiro atoms. The Kier molecular flexibility index (Phi) is 9.24. The number of nitrogens with one attached hydrogen (secondary N) is 2. The van der Waals surface area contributed by atoms with E-state index >= 15 is 0 Å². The van der Waals surface area contributed by atoms with Crippen LogP contribution in [0.2, 0.25) is 0 Å². The summed E-state index contributed by atoms with van der Waals surface area (Å²) in [5.41, 5.74) is 1.79. The maximum absolute atomic E-state index is 12.8. The van der Waals surface area contributed by atoms with Crippen molar-refractivity contribution in [2.24, 2.45) is 0 Å². The first-order valence-electron chi connectivity index (χ1n) is 13.7. The molecule has 2 unspecified atom stereocenters. The Hall–Kier alpha value is -3.44. The molecule has 2 atom stereocenters. The van der Waals surface area contributed by atoms with Crippen molar-refractivity contribution in [3.63, 3.8) is 0 Å². The summed E-state index contributed by atoms with van der Waals surface area (Å²) < 4.78 is 10.8. The summed E-state index contributed by atoms with van der Waals surface area (Å²) in [5.74, 6) is 1.42. The highest BCUT2D eigenvalue weighted by atomic mass is 16.5. The van der Waals surface area contributed by atoms with Gasteiger partial charge in [-0.2, -0.15) is 4.98 Å². The zero-order chi connectivity index (χ0) is 28.1. The Labute approximate surface area is 230 Å². The number of benzene rings is 1. The molecule has 0 saturated carbocycles. The van der Waals surface area contributed by atoms with Crippen LogP contribution >= 0.6 is 0 Å². The molecule has 1 aromatic heterocycles. The smallest absolute Gasteiger partial charge is 0.251 e. The second-order valence-corrected chi connectivity index (χ2v) is 10.3. The van der Waals surface area contributed by atoms with Crippen molar-refractivity contribution in [2.45, 2.75) is 58.2 Å². The maximum Gasteiger partial charge on any atom is 0.251 e. The van der Waals surface area contributed by atoms with E-state index in [9.17, 15) is 9.59 Å². The predicted octanol–water partition coefficient (Wildman–Crippen LogP) is 3.04. The number of amides is 2. The van der Waals surface area contributed by atoms with E-state index < -0.39 is 0 Å². The highest BCUT2D eigenvalue weighted by molar-refractivity contribution is 6.04. The molecular formula is C28H41N7O4. The lowest BCUT2D eigenvalue weighted by Crippen LogP contribution is -2.54. The molecule has 2 fully saturated rings. The summed E-state index contributed by atoms with van der Waals surface area (Å²) in [6.07, 6.45) is 5.07. The van der Waals surface area contributed by atoms with Crippen molar-refractivity contribution < 1.29 is 19.1 Å². The number of ether oxygens (including phenoxy) is 2. The lowest BCUT2D eigenvalue weighted by molar-refractivity contribution is -0.120. The van der Waals surface area contributed by atoms with E-state index in [0.29, 0.717) is 40.9 Å². The average molecular weight is 540 g/mol. The normalized spacial score (nSPS) is 20.6. The van der Waals surface area contributed by atoms with Gasteiger partial charge in [0.05, 0.1) is 32.2 Å². The highest BCUT2D eigenvalue weighted by Gasteiger charge is 2.38. The molecule has 212 valence electrons. The number of hydrogen-bond acceptors (Lipinski definition) is 9. The zero-order valence-corrected chi connectivity index (χ0v) is 23.9. The molecule has 2 amide bonds. The molecule has 5 rings (SSSR count). The SMILES string of the molecule is C1CC2COCCN2C1.CCC1C(=O)N(C)c2cnc(Nc3ccc(C(=O)NC)cc3OC)nc2N1C(C)C. The van der Waals surface area contributed by atoms with Gasteiger partial charge in [0.1, 0.15) is 17.5 Å². The number of rotatable bonds is 6. The fraction of sp³-hybridized carbons (Fsp3) is 0.571. The number of anilines is 4. The van der Waals surface area contributed by atoms with Gasteiger partial charge in [-0.15, -0.1) is 0 Å². The summed E-state index contributed by atoms with van der Waals surface area (Å²) in [5, 5.41) is 5.76. The molecular weight excluding hydrogens is 498 g/mol. The van der Waals surface area contributed by atoms with Crippen LogP contribution in [0.4, 0.5) is 23.1 Å². The maximum atomic E-state index is 12.8. The molecule has 2 saturated heterocycles. The number of nitrogens with zero attached hydrogens (tertiary/aromatic N) is 5. The van der Waals surface area contributed by atoms with E-state index in [4.69, 9.17) is 14.5 Å². The van der Waals surface area contributed by atoms with Crippen molar-refractivity contribution in [3.8, 4) is 5.75 Å². The number of likely N-dealkylation sites (N-methyl/N-ethyl adjacent to an activating group) is 1. The Morgan fingerprint density at radius 3 is 2.74 bits per heavy atom. The van der Waals surface area contributed by atoms with Gasteiger partial charge in [0.25, 0.3) is 5.91 Å². The Morgan fingerprint density at radius 2 is 2.08 bits per heavy atom. The van der Waals surface area contributed by atoms with E-state index in [-0.39, 0.29) is 23.9 Å². The van der Waals surface area contributed by atoms with Crippen LogP contribution in [0.3, 0.4) is 0 Å². The molecule has 0 radical (unpaired) electrons. The van der Waals surface area contributed by atoms with Crippen molar-refractivity contribution in [3.05, 3.63) is 30.0 Å². The van der Waals surface area contributed by atoms with Crippen molar-refractivity contribution in [1.29, 1.82) is 0 Å². The monoisotopic (exact) mass is 539 g/mol. The zero-order valence-electron chi connectivity index (χ0n) is 23.9. The first-order valence-corrected chi connectivity index (χ1v) is 13.7. The fourth-order valence-electron chi connectivity index (χ4n) is 5.42. The largest absolute Gasteiger partial charge is 0.495 e. The second kappa shape index (κ2) is 12.6. The van der Waals surface area contributed by atoms with Gasteiger partial charge in [0.2, 0.25) is 11.9 Å². The third-order valence-electron chi connectivity index (χ3n) is 7.52. The molecule has 11 nitrogen and oxygen atoms in total. The molecule has 4 heterocycles. The quantitative estimate of drug-likeness (QED) is 0.572. The number of carbonyl (C=O) groups excluding carboxylic acids is 2. The van der Waals surface area contributed by atoms with E-state index in [1.807, 2.05) is 25.7 Å². The van der Waals surface area contributed by atoms with Crippen LogP contribution in [-0.2, 0) is 9.53 Å². The second-order valence-electron chi connectivity index (χ2n) is 10.3. The minimum absolute atomic E-state index is 0.0365. The van der Waals surface area contributed by atoms with Crippen molar-refractivity contribution in [2.75, 3.05) is 62.6 Å².